The molecule has 0 aliphatic rings. The van der Waals surface area contributed by atoms with E-state index in [1.165, 1.54) is 0 Å². The second-order valence-electron chi connectivity index (χ2n) is 3.82. The Morgan fingerprint density at radius 2 is 2.25 bits per heavy atom. The lowest BCUT2D eigenvalue weighted by atomic mass is 10.2. The van der Waals surface area contributed by atoms with Gasteiger partial charge >= 0.3 is 11.6 Å². The van der Waals surface area contributed by atoms with Crippen molar-refractivity contribution in [1.29, 1.82) is 0 Å². The van der Waals surface area contributed by atoms with Gasteiger partial charge in [-0.25, -0.2) is 10.8 Å². The highest BCUT2D eigenvalue weighted by molar-refractivity contribution is 6.32. The number of aromatic nitrogens is 2. The van der Waals surface area contributed by atoms with Gasteiger partial charge in [0.15, 0.2) is 0 Å². The van der Waals surface area contributed by atoms with Gasteiger partial charge in [0.05, 0.1) is 9.95 Å². The fourth-order valence-electron chi connectivity index (χ4n) is 1.42. The second-order valence-corrected chi connectivity index (χ2v) is 4.23. The molecule has 0 bridgehead atoms. The predicted molar refractivity (Wildman–Crippen MR) is 72.8 cm³/mol. The molecule has 1 aromatic heterocycles. The van der Waals surface area contributed by atoms with Gasteiger partial charge in [-0.1, -0.05) is 17.7 Å². The van der Waals surface area contributed by atoms with Crippen LogP contribution in [0.2, 0.25) is 5.02 Å². The summed E-state index contributed by atoms with van der Waals surface area (Å²) in [7, 11) is 0. The molecular formula is C11H10ClN5O3. The van der Waals surface area contributed by atoms with Crippen LogP contribution in [-0.2, 0) is 0 Å². The average Bonchev–Trinajstić information content (AvgIpc) is 2.41. The molecule has 0 fully saturated rings. The lowest BCUT2D eigenvalue weighted by Gasteiger charge is -2.08. The van der Waals surface area contributed by atoms with E-state index in [4.69, 9.17) is 22.2 Å². The molecule has 0 atom stereocenters. The number of rotatable bonds is 4. The number of nitrogens with zero attached hydrogens (tertiary/aromatic N) is 3. The van der Waals surface area contributed by atoms with Gasteiger partial charge in [-0.2, -0.15) is 4.98 Å². The van der Waals surface area contributed by atoms with E-state index in [0.717, 1.165) is 11.8 Å². The van der Waals surface area contributed by atoms with Crippen molar-refractivity contribution >= 4 is 23.2 Å². The number of ether oxygens (including phenoxy) is 1. The molecule has 1 aromatic carbocycles. The number of benzene rings is 1. The molecule has 0 saturated carbocycles. The summed E-state index contributed by atoms with van der Waals surface area (Å²) < 4.78 is 5.38. The normalized spacial score (nSPS) is 10.2. The zero-order valence-electron chi connectivity index (χ0n) is 10.3. The van der Waals surface area contributed by atoms with Crippen LogP contribution in [0, 0.1) is 17.0 Å². The predicted octanol–water partition coefficient (Wildman–Crippen LogP) is 2.42. The Morgan fingerprint density at radius 1 is 1.50 bits per heavy atom. The molecule has 0 radical (unpaired) electrons. The van der Waals surface area contributed by atoms with E-state index in [-0.39, 0.29) is 23.3 Å². The Balaban J connectivity index is 2.43. The summed E-state index contributed by atoms with van der Waals surface area (Å²) in [6.07, 6.45) is 1.000. The van der Waals surface area contributed by atoms with Crippen molar-refractivity contribution in [2.75, 3.05) is 5.43 Å². The van der Waals surface area contributed by atoms with E-state index in [2.05, 4.69) is 15.4 Å². The van der Waals surface area contributed by atoms with Crippen LogP contribution in [0.1, 0.15) is 5.56 Å². The maximum atomic E-state index is 10.9. The Hall–Kier alpha value is -2.45. The van der Waals surface area contributed by atoms with E-state index in [9.17, 15) is 10.1 Å². The number of nitro groups is 1. The van der Waals surface area contributed by atoms with Gasteiger partial charge in [0.25, 0.3) is 0 Å². The molecule has 1 heterocycles. The number of hydrazine groups is 1. The number of nitrogen functional groups attached to an aromatic ring is 1. The summed E-state index contributed by atoms with van der Waals surface area (Å²) in [4.78, 5) is 17.7. The zero-order chi connectivity index (χ0) is 14.7. The quantitative estimate of drug-likeness (QED) is 0.505. The van der Waals surface area contributed by atoms with E-state index in [1.54, 1.807) is 18.2 Å². The average molecular weight is 296 g/mol. The van der Waals surface area contributed by atoms with Crippen molar-refractivity contribution in [2.24, 2.45) is 5.84 Å². The molecule has 0 saturated heterocycles. The van der Waals surface area contributed by atoms with Crippen LogP contribution in [0.25, 0.3) is 0 Å². The molecule has 104 valence electrons. The number of hydrogen-bond donors (Lipinski definition) is 2. The minimum Gasteiger partial charge on any atom is -0.432 e. The molecular weight excluding hydrogens is 286 g/mol. The highest BCUT2D eigenvalue weighted by Gasteiger charge is 2.20. The third-order valence-electron chi connectivity index (χ3n) is 2.36. The minimum absolute atomic E-state index is 0.00571. The number of anilines is 1. The molecule has 2 rings (SSSR count). The number of aryl methyl sites for hydroxylation is 1. The van der Waals surface area contributed by atoms with Crippen LogP contribution < -0.4 is 16.0 Å². The summed E-state index contributed by atoms with van der Waals surface area (Å²) >= 11 is 6.01. The topological polar surface area (TPSA) is 116 Å². The van der Waals surface area contributed by atoms with Crippen molar-refractivity contribution in [1.82, 2.24) is 9.97 Å². The Kier molecular flexibility index (Phi) is 3.97. The third-order valence-corrected chi connectivity index (χ3v) is 2.65. The summed E-state index contributed by atoms with van der Waals surface area (Å²) in [5, 5.41) is 11.2. The molecule has 0 unspecified atom stereocenters. The van der Waals surface area contributed by atoms with Crippen LogP contribution in [0.15, 0.2) is 24.4 Å². The lowest BCUT2D eigenvalue weighted by molar-refractivity contribution is -0.386. The Morgan fingerprint density at radius 3 is 2.85 bits per heavy atom. The SMILES string of the molecule is Cc1ccc(Oc2nc(NN)ncc2[N+](=O)[O-])c(Cl)c1. The molecule has 0 spiro atoms. The van der Waals surface area contributed by atoms with E-state index in [0.29, 0.717) is 5.02 Å². The fraction of sp³-hybridized carbons (Fsp3) is 0.0909. The summed E-state index contributed by atoms with van der Waals surface area (Å²) in [6, 6.07) is 5.03. The lowest BCUT2D eigenvalue weighted by Crippen LogP contribution is -2.11. The molecule has 0 amide bonds. The Labute approximate surface area is 118 Å². The molecule has 3 N–H and O–H groups in total. The largest absolute Gasteiger partial charge is 0.432 e. The van der Waals surface area contributed by atoms with E-state index < -0.39 is 4.92 Å². The Bertz CT molecular complexity index is 665. The fourth-order valence-corrected chi connectivity index (χ4v) is 1.70. The first-order valence-corrected chi connectivity index (χ1v) is 5.81. The van der Waals surface area contributed by atoms with Crippen LogP contribution in [0.4, 0.5) is 11.6 Å². The zero-order valence-corrected chi connectivity index (χ0v) is 11.1. The van der Waals surface area contributed by atoms with Gasteiger partial charge in [-0.05, 0) is 24.6 Å². The number of halogens is 1. The molecule has 0 aliphatic carbocycles. The summed E-state index contributed by atoms with van der Waals surface area (Å²) in [5.41, 5.74) is 2.73. The van der Waals surface area contributed by atoms with Gasteiger partial charge in [0.1, 0.15) is 11.9 Å². The van der Waals surface area contributed by atoms with Crippen LogP contribution in [0.5, 0.6) is 11.6 Å². The van der Waals surface area contributed by atoms with Crippen molar-refractivity contribution in [3.05, 3.63) is 45.1 Å². The number of nitrogens with one attached hydrogen (secondary N) is 1. The molecule has 2 aromatic rings. The van der Waals surface area contributed by atoms with Gasteiger partial charge in [0, 0.05) is 0 Å². The molecule has 0 aliphatic heterocycles. The highest BCUT2D eigenvalue weighted by atomic mass is 35.5. The van der Waals surface area contributed by atoms with Crippen molar-refractivity contribution in [3.8, 4) is 11.6 Å². The number of hydrogen-bond acceptors (Lipinski definition) is 7. The molecule has 20 heavy (non-hydrogen) atoms. The third kappa shape index (κ3) is 2.92. The van der Waals surface area contributed by atoms with Crippen LogP contribution >= 0.6 is 11.6 Å². The first-order chi connectivity index (χ1) is 9.51. The van der Waals surface area contributed by atoms with Crippen molar-refractivity contribution in [2.45, 2.75) is 6.92 Å². The van der Waals surface area contributed by atoms with Crippen molar-refractivity contribution in [3.63, 3.8) is 0 Å². The van der Waals surface area contributed by atoms with Gasteiger partial charge in [-0.15, -0.1) is 0 Å². The van der Waals surface area contributed by atoms with Crippen LogP contribution in [-0.4, -0.2) is 14.9 Å². The molecule has 8 nitrogen and oxygen atoms in total. The van der Waals surface area contributed by atoms with Gasteiger partial charge in [-0.3, -0.25) is 15.5 Å². The maximum Gasteiger partial charge on any atom is 0.349 e. The first-order valence-electron chi connectivity index (χ1n) is 5.43. The monoisotopic (exact) mass is 295 g/mol. The standard InChI is InChI=1S/C11H10ClN5O3/c1-6-2-3-9(7(12)4-6)20-10-8(17(18)19)5-14-11(15-10)16-13/h2-5H,13H2,1H3,(H,14,15,16). The maximum absolute atomic E-state index is 10.9. The van der Waals surface area contributed by atoms with Gasteiger partial charge in [0.2, 0.25) is 5.95 Å². The first kappa shape index (κ1) is 14.0. The summed E-state index contributed by atoms with van der Waals surface area (Å²) in [5.74, 6) is 5.16. The minimum atomic E-state index is -0.655. The van der Waals surface area contributed by atoms with Crippen molar-refractivity contribution < 1.29 is 9.66 Å². The highest BCUT2D eigenvalue weighted by Crippen LogP contribution is 2.33. The van der Waals surface area contributed by atoms with E-state index in [1.807, 2.05) is 6.92 Å². The molecule has 9 heteroatoms. The second kappa shape index (κ2) is 5.68. The number of nitrogens with two attached hydrogens (primary N) is 1. The van der Waals surface area contributed by atoms with E-state index >= 15 is 0 Å². The smallest absolute Gasteiger partial charge is 0.349 e. The van der Waals surface area contributed by atoms with Gasteiger partial charge < -0.3 is 4.74 Å². The summed E-state index contributed by atoms with van der Waals surface area (Å²) in [6.45, 7) is 1.86. The van der Waals surface area contributed by atoms with Crippen LogP contribution in [0.3, 0.4) is 0 Å².